The van der Waals surface area contributed by atoms with E-state index >= 15 is 0 Å². The third-order valence-corrected chi connectivity index (χ3v) is 5.93. The summed E-state index contributed by atoms with van der Waals surface area (Å²) in [5.41, 5.74) is -0.438. The zero-order valence-electron chi connectivity index (χ0n) is 17.2. The third-order valence-electron chi connectivity index (χ3n) is 5.93. The van der Waals surface area contributed by atoms with Gasteiger partial charge in [0.15, 0.2) is 0 Å². The molecule has 2 aliphatic carbocycles. The van der Waals surface area contributed by atoms with E-state index in [1.165, 1.54) is 0 Å². The Balaban J connectivity index is 1.95. The van der Waals surface area contributed by atoms with E-state index in [0.29, 0.717) is 38.5 Å². The molecule has 0 N–H and O–H groups in total. The molecule has 2 aliphatic rings. The Morgan fingerprint density at radius 3 is 1.58 bits per heavy atom. The van der Waals surface area contributed by atoms with E-state index in [4.69, 9.17) is 9.47 Å². The smallest absolute Gasteiger partial charge is 0.395 e. The molecule has 2 rings (SSSR count). The van der Waals surface area contributed by atoms with Gasteiger partial charge in [-0.15, -0.1) is 0 Å². The first-order valence-corrected chi connectivity index (χ1v) is 10.6. The lowest BCUT2D eigenvalue weighted by Gasteiger charge is -2.28. The molecule has 178 valence electrons. The molecule has 31 heavy (non-hydrogen) atoms. The van der Waals surface area contributed by atoms with Crippen molar-refractivity contribution in [1.29, 1.82) is 0 Å². The molecule has 2 fully saturated rings. The molecule has 0 aromatic heterocycles. The van der Waals surface area contributed by atoms with E-state index in [2.05, 4.69) is 6.58 Å². The van der Waals surface area contributed by atoms with Gasteiger partial charge in [-0.2, -0.15) is 26.3 Å². The van der Waals surface area contributed by atoms with E-state index in [1.807, 2.05) is 0 Å². The van der Waals surface area contributed by atoms with Crippen LogP contribution in [0.5, 0.6) is 0 Å². The van der Waals surface area contributed by atoms with Gasteiger partial charge in [-0.05, 0) is 38.5 Å². The lowest BCUT2D eigenvalue weighted by Crippen LogP contribution is -2.37. The summed E-state index contributed by atoms with van der Waals surface area (Å²) in [5.74, 6) is -5.81. The van der Waals surface area contributed by atoms with Gasteiger partial charge in [0.1, 0.15) is 12.2 Å². The van der Waals surface area contributed by atoms with Gasteiger partial charge in [-0.25, -0.2) is 4.79 Å². The summed E-state index contributed by atoms with van der Waals surface area (Å²) in [6, 6.07) is 0. The first-order chi connectivity index (χ1) is 14.4. The Hall–Kier alpha value is -1.74. The summed E-state index contributed by atoms with van der Waals surface area (Å²) in [5, 5.41) is 0. The number of halogens is 6. The lowest BCUT2D eigenvalue weighted by molar-refractivity contribution is -0.211. The fraction of sp³-hybridized carbons (Fsp3) is 0.810. The van der Waals surface area contributed by atoms with Crippen LogP contribution < -0.4 is 0 Å². The highest BCUT2D eigenvalue weighted by Crippen LogP contribution is 2.40. The predicted molar refractivity (Wildman–Crippen MR) is 98.8 cm³/mol. The number of ether oxygens (including phenoxy) is 2. The van der Waals surface area contributed by atoms with Crippen molar-refractivity contribution < 1.29 is 45.4 Å². The maximum Gasteiger partial charge on any atom is 0.395 e. The van der Waals surface area contributed by atoms with Crippen LogP contribution >= 0.6 is 0 Å². The Kier molecular flexibility index (Phi) is 8.83. The molecule has 4 nitrogen and oxygen atoms in total. The normalized spacial score (nSPS) is 28.2. The number of alkyl halides is 6. The largest absolute Gasteiger partial charge is 0.461 e. The molecule has 10 heteroatoms. The summed E-state index contributed by atoms with van der Waals surface area (Å²) in [6.45, 7) is 3.37. The van der Waals surface area contributed by atoms with Gasteiger partial charge in [0.05, 0.1) is 18.3 Å². The quantitative estimate of drug-likeness (QED) is 0.218. The Bertz CT molecular complexity index is 643. The average Bonchev–Trinajstić information content (AvgIpc) is 3.01. The third kappa shape index (κ3) is 7.71. The monoisotopic (exact) mass is 458 g/mol. The van der Waals surface area contributed by atoms with Crippen LogP contribution in [0.25, 0.3) is 0 Å². The summed E-state index contributed by atoms with van der Waals surface area (Å²) in [6.07, 6.45) is -9.82. The highest BCUT2D eigenvalue weighted by molar-refractivity contribution is 5.93. The number of carbonyl (C=O) groups is 2. The van der Waals surface area contributed by atoms with E-state index < -0.39 is 60.3 Å². The van der Waals surface area contributed by atoms with Crippen LogP contribution in [-0.2, 0) is 19.1 Å². The zero-order chi connectivity index (χ0) is 23.2. The molecule has 0 radical (unpaired) electrons. The molecule has 0 bridgehead atoms. The molecule has 0 spiro atoms. The first-order valence-electron chi connectivity index (χ1n) is 10.6. The second-order valence-electron chi connectivity index (χ2n) is 8.32. The van der Waals surface area contributed by atoms with Crippen molar-refractivity contribution in [2.75, 3.05) is 0 Å². The summed E-state index contributed by atoms with van der Waals surface area (Å²) in [4.78, 5) is 24.4. The fourth-order valence-electron chi connectivity index (χ4n) is 4.26. The van der Waals surface area contributed by atoms with E-state index in [-0.39, 0.29) is 25.7 Å². The SMILES string of the molecule is C=C(CC(=O)OC1CCCCCC1C(F)(F)F)C(=O)OC1CCCCCC1C(F)(F)F. The molecule has 2 saturated carbocycles. The fourth-order valence-corrected chi connectivity index (χ4v) is 4.26. The van der Waals surface area contributed by atoms with Gasteiger partial charge >= 0.3 is 24.3 Å². The molecular weight excluding hydrogens is 430 g/mol. The topological polar surface area (TPSA) is 52.6 Å². The van der Waals surface area contributed by atoms with Gasteiger partial charge in [0.25, 0.3) is 0 Å². The van der Waals surface area contributed by atoms with Gasteiger partial charge in [0, 0.05) is 5.57 Å². The van der Waals surface area contributed by atoms with E-state index in [0.717, 1.165) is 0 Å². The number of rotatable bonds is 5. The first kappa shape index (κ1) is 25.5. The lowest BCUT2D eigenvalue weighted by atomic mass is 9.96. The minimum absolute atomic E-state index is 0.0446. The van der Waals surface area contributed by atoms with Gasteiger partial charge in [-0.3, -0.25) is 4.79 Å². The number of carbonyl (C=O) groups excluding carboxylic acids is 2. The molecule has 4 atom stereocenters. The standard InChI is InChI=1S/C21H28F6O4/c1-13(19(29)31-17-11-7-3-5-9-15(17)21(25,26)27)12-18(28)30-16-10-6-2-4-8-14(16)20(22,23)24/h14-17H,1-12H2. The number of hydrogen-bond acceptors (Lipinski definition) is 4. The maximum atomic E-state index is 13.3. The average molecular weight is 458 g/mol. The summed E-state index contributed by atoms with van der Waals surface area (Å²) < 4.78 is 89.7. The van der Waals surface area contributed by atoms with Crippen molar-refractivity contribution in [3.63, 3.8) is 0 Å². The second kappa shape index (κ2) is 10.7. The molecule has 0 saturated heterocycles. The summed E-state index contributed by atoms with van der Waals surface area (Å²) in [7, 11) is 0. The van der Waals surface area contributed by atoms with Crippen LogP contribution in [0, 0.1) is 11.8 Å². The van der Waals surface area contributed by atoms with E-state index in [9.17, 15) is 35.9 Å². The molecule has 0 aliphatic heterocycles. The Morgan fingerprint density at radius 2 is 1.13 bits per heavy atom. The molecule has 0 aromatic carbocycles. The zero-order valence-corrected chi connectivity index (χ0v) is 17.2. The van der Waals surface area contributed by atoms with Gasteiger partial charge in [0.2, 0.25) is 0 Å². The van der Waals surface area contributed by atoms with Crippen LogP contribution in [0.4, 0.5) is 26.3 Å². The van der Waals surface area contributed by atoms with E-state index in [1.54, 1.807) is 0 Å². The van der Waals surface area contributed by atoms with Crippen LogP contribution in [0.2, 0.25) is 0 Å². The minimum Gasteiger partial charge on any atom is -0.461 e. The Morgan fingerprint density at radius 1 is 0.710 bits per heavy atom. The van der Waals surface area contributed by atoms with Gasteiger partial charge < -0.3 is 9.47 Å². The minimum atomic E-state index is -4.53. The number of esters is 2. The molecule has 0 aromatic rings. The molecule has 0 amide bonds. The van der Waals surface area contributed by atoms with Crippen LogP contribution in [0.15, 0.2) is 12.2 Å². The maximum absolute atomic E-state index is 13.3. The van der Waals surface area contributed by atoms with Crippen molar-refractivity contribution in [3.8, 4) is 0 Å². The van der Waals surface area contributed by atoms with Crippen LogP contribution in [0.1, 0.15) is 70.6 Å². The van der Waals surface area contributed by atoms with Crippen molar-refractivity contribution in [2.24, 2.45) is 11.8 Å². The highest BCUT2D eigenvalue weighted by Gasteiger charge is 2.47. The predicted octanol–water partition coefficient (Wildman–Crippen LogP) is 6.04. The highest BCUT2D eigenvalue weighted by atomic mass is 19.4. The molecular formula is C21H28F6O4. The second-order valence-corrected chi connectivity index (χ2v) is 8.32. The van der Waals surface area contributed by atoms with Crippen LogP contribution in [-0.4, -0.2) is 36.5 Å². The van der Waals surface area contributed by atoms with Crippen molar-refractivity contribution in [2.45, 2.75) is 95.2 Å². The van der Waals surface area contributed by atoms with Crippen LogP contribution in [0.3, 0.4) is 0 Å². The van der Waals surface area contributed by atoms with Crippen molar-refractivity contribution in [3.05, 3.63) is 12.2 Å². The Labute approximate surface area is 177 Å². The summed E-state index contributed by atoms with van der Waals surface area (Å²) >= 11 is 0. The number of hydrogen-bond donors (Lipinski definition) is 0. The molecule has 4 unspecified atom stereocenters. The van der Waals surface area contributed by atoms with Crippen molar-refractivity contribution in [1.82, 2.24) is 0 Å². The molecule has 0 heterocycles. The van der Waals surface area contributed by atoms with Crippen molar-refractivity contribution >= 4 is 11.9 Å². The van der Waals surface area contributed by atoms with Gasteiger partial charge in [-0.1, -0.05) is 32.3 Å².